The highest BCUT2D eigenvalue weighted by molar-refractivity contribution is 6.03. The number of rotatable bonds is 8. The quantitative estimate of drug-likeness (QED) is 0.530. The van der Waals surface area contributed by atoms with Crippen molar-refractivity contribution < 1.29 is 14.3 Å². The van der Waals surface area contributed by atoms with Crippen LogP contribution in [0.2, 0.25) is 0 Å². The van der Waals surface area contributed by atoms with Gasteiger partial charge in [-0.1, -0.05) is 49.7 Å². The van der Waals surface area contributed by atoms with Crippen LogP contribution in [0.15, 0.2) is 48.5 Å². The Labute approximate surface area is 187 Å². The summed E-state index contributed by atoms with van der Waals surface area (Å²) >= 11 is 0. The molecule has 2 N–H and O–H groups in total. The lowest BCUT2D eigenvalue weighted by atomic mass is 9.90. The van der Waals surface area contributed by atoms with E-state index in [4.69, 9.17) is 4.74 Å². The van der Waals surface area contributed by atoms with E-state index in [-0.39, 0.29) is 17.9 Å². The van der Waals surface area contributed by atoms with E-state index in [0.717, 1.165) is 53.6 Å². The number of hydrogen-bond acceptors (Lipinski definition) is 3. The van der Waals surface area contributed by atoms with Crippen molar-refractivity contribution in [1.82, 2.24) is 15.2 Å². The zero-order chi connectivity index (χ0) is 22.1. The molecule has 5 rings (SSSR count). The van der Waals surface area contributed by atoms with E-state index in [2.05, 4.69) is 23.3 Å². The van der Waals surface area contributed by atoms with Crippen LogP contribution in [0.1, 0.15) is 59.4 Å². The van der Waals surface area contributed by atoms with Gasteiger partial charge >= 0.3 is 0 Å². The third kappa shape index (κ3) is 3.48. The monoisotopic (exact) mass is 431 g/mol. The van der Waals surface area contributed by atoms with Crippen LogP contribution in [-0.4, -0.2) is 47.5 Å². The van der Waals surface area contributed by atoms with E-state index in [1.165, 1.54) is 0 Å². The number of H-pyrrole nitrogens is 1. The predicted octanol–water partition coefficient (Wildman–Crippen LogP) is 3.96. The summed E-state index contributed by atoms with van der Waals surface area (Å²) in [5.41, 5.74) is 4.85. The highest BCUT2D eigenvalue weighted by Crippen LogP contribution is 2.46. The van der Waals surface area contributed by atoms with Crippen molar-refractivity contribution in [2.75, 3.05) is 19.8 Å². The Morgan fingerprint density at radius 2 is 1.91 bits per heavy atom. The number of amides is 2. The van der Waals surface area contributed by atoms with Crippen molar-refractivity contribution in [2.45, 2.75) is 44.7 Å². The summed E-state index contributed by atoms with van der Waals surface area (Å²) in [6, 6.07) is 15.1. The third-order valence-corrected chi connectivity index (χ3v) is 6.56. The maximum atomic E-state index is 13.4. The number of benzene rings is 2. The molecule has 0 spiro atoms. The van der Waals surface area contributed by atoms with Gasteiger partial charge in [0.1, 0.15) is 6.04 Å². The fourth-order valence-corrected chi connectivity index (χ4v) is 4.99. The molecule has 2 aromatic carbocycles. The molecule has 3 aromatic rings. The average Bonchev–Trinajstić information content (AvgIpc) is 3.34. The molecule has 0 saturated heterocycles. The van der Waals surface area contributed by atoms with E-state index in [1.807, 2.05) is 42.5 Å². The minimum Gasteiger partial charge on any atom is -0.381 e. The zero-order valence-electron chi connectivity index (χ0n) is 18.4. The summed E-state index contributed by atoms with van der Waals surface area (Å²) in [4.78, 5) is 32.0. The molecule has 1 aromatic heterocycles. The normalized spacial score (nSPS) is 19.0. The number of carbonyl (C=O) groups is 2. The highest BCUT2D eigenvalue weighted by Gasteiger charge is 2.48. The van der Waals surface area contributed by atoms with Crippen LogP contribution >= 0.6 is 0 Å². The van der Waals surface area contributed by atoms with Crippen molar-refractivity contribution in [2.24, 2.45) is 0 Å². The largest absolute Gasteiger partial charge is 0.381 e. The molecular formula is C26H29N3O3. The standard InChI is InChI=1S/C26H29N3O3/c1-2-3-14-32-15-8-13-27-25(30)22-16-20-17-9-6-7-12-21(17)28-23(20)24-18-10-4-5-11-19(18)26(31)29(22)24/h4-7,9-12,22,24,28H,2-3,8,13-16H2,1H3,(H,27,30). The minimum absolute atomic E-state index is 0.0713. The van der Waals surface area contributed by atoms with Crippen LogP contribution in [0, 0.1) is 0 Å². The van der Waals surface area contributed by atoms with Crippen LogP contribution in [0.3, 0.4) is 0 Å². The molecule has 6 nitrogen and oxygen atoms in total. The molecule has 166 valence electrons. The van der Waals surface area contributed by atoms with Crippen LogP contribution in [0.5, 0.6) is 0 Å². The van der Waals surface area contributed by atoms with Gasteiger partial charge in [-0.05, 0) is 36.1 Å². The molecular weight excluding hydrogens is 402 g/mol. The number of para-hydroxylation sites is 1. The van der Waals surface area contributed by atoms with Gasteiger partial charge in [-0.3, -0.25) is 9.59 Å². The van der Waals surface area contributed by atoms with E-state index >= 15 is 0 Å². The second-order valence-corrected chi connectivity index (χ2v) is 8.60. The summed E-state index contributed by atoms with van der Waals surface area (Å²) in [7, 11) is 0. The first-order chi connectivity index (χ1) is 15.7. The molecule has 0 fully saturated rings. The summed E-state index contributed by atoms with van der Waals surface area (Å²) < 4.78 is 5.59. The van der Waals surface area contributed by atoms with Crippen LogP contribution < -0.4 is 5.32 Å². The Morgan fingerprint density at radius 1 is 1.12 bits per heavy atom. The predicted molar refractivity (Wildman–Crippen MR) is 124 cm³/mol. The number of aromatic amines is 1. The van der Waals surface area contributed by atoms with Crippen molar-refractivity contribution >= 4 is 22.7 Å². The molecule has 2 atom stereocenters. The maximum Gasteiger partial charge on any atom is 0.255 e. The smallest absolute Gasteiger partial charge is 0.255 e. The van der Waals surface area contributed by atoms with Gasteiger partial charge in [-0.15, -0.1) is 0 Å². The molecule has 0 saturated carbocycles. The van der Waals surface area contributed by atoms with Gasteiger partial charge in [-0.25, -0.2) is 0 Å². The number of hydrogen-bond donors (Lipinski definition) is 2. The molecule has 2 aliphatic rings. The lowest BCUT2D eigenvalue weighted by Crippen LogP contribution is -2.52. The van der Waals surface area contributed by atoms with Crippen LogP contribution in [0.4, 0.5) is 0 Å². The summed E-state index contributed by atoms with van der Waals surface area (Å²) in [5, 5.41) is 4.18. The fourth-order valence-electron chi connectivity index (χ4n) is 4.99. The Kier molecular flexibility index (Phi) is 5.70. The van der Waals surface area contributed by atoms with Crippen molar-refractivity contribution in [3.8, 4) is 0 Å². The van der Waals surface area contributed by atoms with E-state index in [9.17, 15) is 9.59 Å². The lowest BCUT2D eigenvalue weighted by molar-refractivity contribution is -0.126. The number of nitrogens with zero attached hydrogens (tertiary/aromatic N) is 1. The number of nitrogens with one attached hydrogen (secondary N) is 2. The van der Waals surface area contributed by atoms with E-state index in [1.54, 1.807) is 4.90 Å². The zero-order valence-corrected chi connectivity index (χ0v) is 18.4. The number of fused-ring (bicyclic) bond motifs is 7. The third-order valence-electron chi connectivity index (χ3n) is 6.56. The van der Waals surface area contributed by atoms with Gasteiger partial charge in [0.05, 0.1) is 6.04 Å². The topological polar surface area (TPSA) is 74.4 Å². The Morgan fingerprint density at radius 3 is 2.78 bits per heavy atom. The Hall–Kier alpha value is -3.12. The first-order valence-electron chi connectivity index (χ1n) is 11.6. The van der Waals surface area contributed by atoms with Crippen LogP contribution in [-0.2, 0) is 16.0 Å². The molecule has 0 aliphatic carbocycles. The van der Waals surface area contributed by atoms with Crippen molar-refractivity contribution in [3.05, 3.63) is 70.9 Å². The van der Waals surface area contributed by atoms with Gasteiger partial charge in [0.25, 0.3) is 5.91 Å². The van der Waals surface area contributed by atoms with Gasteiger partial charge < -0.3 is 19.9 Å². The molecule has 2 aliphatic heterocycles. The van der Waals surface area contributed by atoms with Gasteiger partial charge in [-0.2, -0.15) is 0 Å². The van der Waals surface area contributed by atoms with Gasteiger partial charge in [0, 0.05) is 48.3 Å². The summed E-state index contributed by atoms with van der Waals surface area (Å²) in [5.74, 6) is -0.168. The van der Waals surface area contributed by atoms with Gasteiger partial charge in [0.15, 0.2) is 0 Å². The fraction of sp³-hybridized carbons (Fsp3) is 0.385. The molecule has 0 radical (unpaired) electrons. The van der Waals surface area contributed by atoms with Crippen molar-refractivity contribution in [1.29, 1.82) is 0 Å². The highest BCUT2D eigenvalue weighted by atomic mass is 16.5. The number of ether oxygens (including phenoxy) is 1. The molecule has 3 heterocycles. The molecule has 2 unspecified atom stereocenters. The van der Waals surface area contributed by atoms with Gasteiger partial charge in [0.2, 0.25) is 5.91 Å². The Bertz CT molecular complexity index is 1150. The maximum absolute atomic E-state index is 13.4. The first-order valence-corrected chi connectivity index (χ1v) is 11.6. The average molecular weight is 432 g/mol. The number of carbonyl (C=O) groups excluding carboxylic acids is 2. The molecule has 6 heteroatoms. The minimum atomic E-state index is -0.535. The van der Waals surface area contributed by atoms with Crippen molar-refractivity contribution in [3.63, 3.8) is 0 Å². The second kappa shape index (κ2) is 8.79. The molecule has 2 amide bonds. The first kappa shape index (κ1) is 20.8. The lowest BCUT2D eigenvalue weighted by Gasteiger charge is -2.37. The summed E-state index contributed by atoms with van der Waals surface area (Å²) in [6.07, 6.45) is 3.44. The Balaban J connectivity index is 1.41. The van der Waals surface area contributed by atoms with E-state index in [0.29, 0.717) is 25.1 Å². The van der Waals surface area contributed by atoms with Crippen LogP contribution in [0.25, 0.3) is 10.9 Å². The second-order valence-electron chi connectivity index (χ2n) is 8.60. The summed E-state index contributed by atoms with van der Waals surface area (Å²) in [6.45, 7) is 4.08. The SMILES string of the molecule is CCCCOCCCNC(=O)C1Cc2c([nH]c3ccccc23)C2c3ccccc3C(=O)N12. The van der Waals surface area contributed by atoms with E-state index < -0.39 is 6.04 Å². The molecule has 0 bridgehead atoms. The number of aromatic nitrogens is 1. The number of unbranched alkanes of at least 4 members (excludes halogenated alkanes) is 1. The molecule has 32 heavy (non-hydrogen) atoms.